The second kappa shape index (κ2) is 6.12. The molecular weight excluding hydrogens is 270 g/mol. The van der Waals surface area contributed by atoms with Gasteiger partial charge >= 0.3 is 0 Å². The summed E-state index contributed by atoms with van der Waals surface area (Å²) in [5, 5.41) is 2.35. The van der Waals surface area contributed by atoms with Gasteiger partial charge in [-0.3, -0.25) is 10.2 Å². The molecule has 1 aromatic carbocycles. The minimum atomic E-state index is -1.67. The van der Waals surface area contributed by atoms with Crippen molar-refractivity contribution >= 4 is 15.9 Å². The Balaban J connectivity index is 2.50. The number of hydrogen-bond acceptors (Lipinski definition) is 3. The number of benzene rings is 1. The van der Waals surface area contributed by atoms with Gasteiger partial charge in [-0.15, -0.1) is 0 Å². The number of hydrogen-bond donors (Lipinski definition) is 2. The Morgan fingerprint density at radius 3 is 2.87 bits per heavy atom. The third-order valence-electron chi connectivity index (χ3n) is 1.69. The van der Waals surface area contributed by atoms with E-state index in [9.17, 15) is 8.78 Å². The van der Waals surface area contributed by atoms with Gasteiger partial charge in [-0.1, -0.05) is 22.0 Å². The largest absolute Gasteiger partial charge is 0.272 e. The van der Waals surface area contributed by atoms with Crippen LogP contribution in [0.3, 0.4) is 0 Å². The minimum Gasteiger partial charge on any atom is -0.259 e. The van der Waals surface area contributed by atoms with Crippen LogP contribution < -0.4 is 10.8 Å². The van der Waals surface area contributed by atoms with Crippen LogP contribution in [0.4, 0.5) is 8.78 Å². The fourth-order valence-electron chi connectivity index (χ4n) is 1.00. The quantitative estimate of drug-likeness (QED) is 0.492. The van der Waals surface area contributed by atoms with Crippen LogP contribution in [0.2, 0.25) is 0 Å². The minimum absolute atomic E-state index is 0.0575. The van der Waals surface area contributed by atoms with Gasteiger partial charge in [0.1, 0.15) is 5.82 Å². The van der Waals surface area contributed by atoms with Crippen LogP contribution in [0.25, 0.3) is 0 Å². The lowest BCUT2D eigenvalue weighted by Gasteiger charge is -2.10. The fourth-order valence-corrected chi connectivity index (χ4v) is 1.33. The molecule has 0 spiro atoms. The van der Waals surface area contributed by atoms with Gasteiger partial charge < -0.3 is 0 Å². The van der Waals surface area contributed by atoms with E-state index in [1.807, 2.05) is 0 Å². The molecule has 0 aromatic heterocycles. The summed E-state index contributed by atoms with van der Waals surface area (Å²) >= 11 is 3.13. The number of alkyl halides is 1. The summed E-state index contributed by atoms with van der Waals surface area (Å²) in [6.07, 6.45) is 0. The lowest BCUT2D eigenvalue weighted by atomic mass is 10.2. The fraction of sp³-hybridized carbons (Fsp3) is 0.333. The topological polar surface area (TPSA) is 33.3 Å². The molecule has 0 amide bonds. The zero-order valence-corrected chi connectivity index (χ0v) is 9.64. The number of rotatable bonds is 5. The zero-order valence-electron chi connectivity index (χ0n) is 8.06. The van der Waals surface area contributed by atoms with Gasteiger partial charge in [0.05, 0.1) is 0 Å². The first-order chi connectivity index (χ1) is 7.13. The third-order valence-corrected chi connectivity index (χ3v) is 2.18. The smallest absolute Gasteiger partial charge is 0.259 e. The van der Waals surface area contributed by atoms with Gasteiger partial charge in [0.15, 0.2) is 0 Å². The maximum atomic E-state index is 13.2. The Labute approximate surface area is 94.9 Å². The number of halogens is 3. The van der Waals surface area contributed by atoms with Gasteiger partial charge in [0.25, 0.3) is 6.48 Å². The first-order valence-electron chi connectivity index (χ1n) is 4.27. The maximum absolute atomic E-state index is 13.2. The Hall–Kier alpha value is -0.560. The first-order valence-corrected chi connectivity index (χ1v) is 5.06. The second-order valence-corrected chi connectivity index (χ2v) is 3.67. The van der Waals surface area contributed by atoms with Crippen molar-refractivity contribution in [2.24, 2.45) is 0 Å². The van der Waals surface area contributed by atoms with E-state index in [1.54, 1.807) is 12.1 Å². The molecule has 0 aliphatic heterocycles. The highest BCUT2D eigenvalue weighted by Crippen LogP contribution is 2.15. The molecule has 2 N–H and O–H groups in total. The van der Waals surface area contributed by atoms with Crippen LogP contribution in [0.15, 0.2) is 22.7 Å². The van der Waals surface area contributed by atoms with Crippen LogP contribution in [-0.4, -0.2) is 13.5 Å². The van der Waals surface area contributed by atoms with E-state index < -0.39 is 12.3 Å². The van der Waals surface area contributed by atoms with Crippen molar-refractivity contribution in [3.05, 3.63) is 34.1 Å². The molecule has 0 aliphatic rings. The molecule has 1 atom stereocenters. The molecule has 1 aromatic rings. The molecule has 1 rings (SSSR count). The van der Waals surface area contributed by atoms with Crippen molar-refractivity contribution in [3.8, 4) is 0 Å². The Morgan fingerprint density at radius 1 is 1.53 bits per heavy atom. The van der Waals surface area contributed by atoms with Crippen molar-refractivity contribution in [3.63, 3.8) is 0 Å². The standard InChI is InChI=1S/C9H11BrF2N2O/c1-13-15-9(12)14-5-6-2-3-7(10)4-8(6)11/h2-4,9,13-14H,5H2,1H3. The lowest BCUT2D eigenvalue weighted by Crippen LogP contribution is -2.31. The summed E-state index contributed by atoms with van der Waals surface area (Å²) in [6, 6.07) is 4.58. The average Bonchev–Trinajstić information content (AvgIpc) is 2.17. The monoisotopic (exact) mass is 280 g/mol. The summed E-state index contributed by atoms with van der Waals surface area (Å²) in [4.78, 5) is 4.37. The van der Waals surface area contributed by atoms with Gasteiger partial charge in [-0.25, -0.2) is 9.87 Å². The van der Waals surface area contributed by atoms with Crippen molar-refractivity contribution in [1.29, 1.82) is 0 Å². The van der Waals surface area contributed by atoms with Crippen LogP contribution in [-0.2, 0) is 11.4 Å². The molecular formula is C9H11BrF2N2O. The molecule has 0 fully saturated rings. The Morgan fingerprint density at radius 2 is 2.27 bits per heavy atom. The predicted molar refractivity (Wildman–Crippen MR) is 56.0 cm³/mol. The van der Waals surface area contributed by atoms with E-state index in [1.165, 1.54) is 13.1 Å². The zero-order chi connectivity index (χ0) is 11.3. The Kier molecular flexibility index (Phi) is 5.10. The molecule has 1 unspecified atom stereocenters. The lowest BCUT2D eigenvalue weighted by molar-refractivity contribution is -0.108. The summed E-state index contributed by atoms with van der Waals surface area (Å²) < 4.78 is 26.7. The Bertz CT molecular complexity index is 325. The van der Waals surface area contributed by atoms with Gasteiger partial charge in [-0.05, 0) is 12.1 Å². The SMILES string of the molecule is CNOC(F)NCc1ccc(Br)cc1F. The van der Waals surface area contributed by atoms with Gasteiger partial charge in [0.2, 0.25) is 0 Å². The van der Waals surface area contributed by atoms with E-state index in [0.717, 1.165) is 0 Å². The number of hydroxylamine groups is 1. The van der Waals surface area contributed by atoms with Crippen LogP contribution in [0.1, 0.15) is 5.56 Å². The molecule has 0 saturated heterocycles. The molecule has 3 nitrogen and oxygen atoms in total. The molecule has 15 heavy (non-hydrogen) atoms. The maximum Gasteiger partial charge on any atom is 0.272 e. The van der Waals surface area contributed by atoms with E-state index in [-0.39, 0.29) is 6.54 Å². The molecule has 84 valence electrons. The van der Waals surface area contributed by atoms with Crippen molar-refractivity contribution in [1.82, 2.24) is 10.8 Å². The highest BCUT2D eigenvalue weighted by Gasteiger charge is 2.07. The van der Waals surface area contributed by atoms with E-state index in [2.05, 4.69) is 31.6 Å². The van der Waals surface area contributed by atoms with E-state index >= 15 is 0 Å². The normalized spacial score (nSPS) is 12.8. The molecule has 0 radical (unpaired) electrons. The van der Waals surface area contributed by atoms with E-state index in [0.29, 0.717) is 10.0 Å². The predicted octanol–water partition coefficient (Wildman–Crippen LogP) is 2.08. The molecule has 6 heteroatoms. The van der Waals surface area contributed by atoms with Crippen LogP contribution in [0, 0.1) is 5.82 Å². The highest BCUT2D eigenvalue weighted by molar-refractivity contribution is 9.10. The van der Waals surface area contributed by atoms with Crippen LogP contribution >= 0.6 is 15.9 Å². The molecule has 0 aliphatic carbocycles. The summed E-state index contributed by atoms with van der Waals surface area (Å²) in [5.41, 5.74) is 2.56. The average molecular weight is 281 g/mol. The summed E-state index contributed by atoms with van der Waals surface area (Å²) in [5.74, 6) is -0.395. The van der Waals surface area contributed by atoms with Crippen molar-refractivity contribution in [2.75, 3.05) is 7.05 Å². The number of nitrogens with one attached hydrogen (secondary N) is 2. The molecule has 0 bridgehead atoms. The summed E-state index contributed by atoms with van der Waals surface area (Å²) in [7, 11) is 1.44. The first kappa shape index (κ1) is 12.5. The van der Waals surface area contributed by atoms with Gasteiger partial charge in [-0.2, -0.15) is 4.39 Å². The second-order valence-electron chi connectivity index (χ2n) is 2.75. The highest BCUT2D eigenvalue weighted by atomic mass is 79.9. The van der Waals surface area contributed by atoms with Crippen molar-refractivity contribution < 1.29 is 13.6 Å². The summed E-state index contributed by atoms with van der Waals surface area (Å²) in [6.45, 7) is -1.61. The van der Waals surface area contributed by atoms with Crippen LogP contribution in [0.5, 0.6) is 0 Å². The molecule has 0 saturated carbocycles. The molecule has 0 heterocycles. The van der Waals surface area contributed by atoms with Crippen molar-refractivity contribution in [2.45, 2.75) is 13.0 Å². The third kappa shape index (κ3) is 4.21. The van der Waals surface area contributed by atoms with Gasteiger partial charge in [0, 0.05) is 23.6 Å². The van der Waals surface area contributed by atoms with E-state index in [4.69, 9.17) is 0 Å².